The molecule has 0 saturated heterocycles. The molecule has 102 valence electrons. The van der Waals surface area contributed by atoms with Crippen LogP contribution in [0.2, 0.25) is 0 Å². The minimum atomic E-state index is -0.694. The van der Waals surface area contributed by atoms with E-state index in [9.17, 15) is 14.7 Å². The number of aromatic nitrogens is 2. The molecule has 3 N–H and O–H groups in total. The first kappa shape index (κ1) is 14.6. The highest BCUT2D eigenvalue weighted by molar-refractivity contribution is 5.42. The number of rotatable bonds is 5. The Morgan fingerprint density at radius 3 is 2.84 bits per heavy atom. The van der Waals surface area contributed by atoms with Crippen molar-refractivity contribution in [1.82, 2.24) is 14.9 Å². The minimum absolute atomic E-state index is 0.285. The van der Waals surface area contributed by atoms with E-state index < -0.39 is 11.2 Å². The van der Waals surface area contributed by atoms with E-state index in [-0.39, 0.29) is 5.88 Å². The van der Waals surface area contributed by atoms with Crippen molar-refractivity contribution in [3.8, 4) is 0 Å². The molecule has 0 aliphatic carbocycles. The maximum absolute atomic E-state index is 11.5. The smallest absolute Gasteiger partial charge is 0.335 e. The third kappa shape index (κ3) is 4.34. The van der Waals surface area contributed by atoms with Crippen LogP contribution in [0, 0.1) is 0 Å². The van der Waals surface area contributed by atoms with Crippen LogP contribution in [0.25, 0.3) is 5.88 Å². The fourth-order valence-electron chi connectivity index (χ4n) is 1.29. The molecule has 0 aliphatic heterocycles. The number of nitrogens with one attached hydrogen (secondary N) is 2. The van der Waals surface area contributed by atoms with Gasteiger partial charge in [-0.1, -0.05) is 19.1 Å². The van der Waals surface area contributed by atoms with Crippen molar-refractivity contribution in [3.05, 3.63) is 63.2 Å². The molecule has 0 unspecified atom stereocenters. The molecule has 0 atom stereocenters. The first-order chi connectivity index (χ1) is 9.08. The summed E-state index contributed by atoms with van der Waals surface area (Å²) in [4.78, 5) is 24.4. The zero-order chi connectivity index (χ0) is 14.3. The Bertz CT molecular complexity index is 621. The highest BCUT2D eigenvalue weighted by Crippen LogP contribution is 2.00. The molecule has 0 aliphatic rings. The van der Waals surface area contributed by atoms with Crippen molar-refractivity contribution >= 4 is 5.88 Å². The maximum Gasteiger partial charge on any atom is 0.335 e. The van der Waals surface area contributed by atoms with Gasteiger partial charge in [0, 0.05) is 24.0 Å². The summed E-state index contributed by atoms with van der Waals surface area (Å²) in [6, 6.07) is 1.16. The molecular weight excluding hydrogens is 246 g/mol. The van der Waals surface area contributed by atoms with Gasteiger partial charge in [0.25, 0.3) is 5.56 Å². The van der Waals surface area contributed by atoms with Crippen molar-refractivity contribution in [2.45, 2.75) is 20.3 Å². The van der Waals surface area contributed by atoms with Gasteiger partial charge >= 0.3 is 5.69 Å². The second-order valence-electron chi connectivity index (χ2n) is 3.68. The van der Waals surface area contributed by atoms with Crippen LogP contribution < -0.4 is 16.6 Å². The molecule has 0 aromatic carbocycles. The zero-order valence-corrected chi connectivity index (χ0v) is 10.9. The Labute approximate surface area is 110 Å². The topological polar surface area (TPSA) is 87.1 Å². The highest BCUT2D eigenvalue weighted by Gasteiger charge is 2.01. The standard InChI is InChI=1S/C13H17N3O3/c1-3-5-7-14-10(4-2)9-12(18)16-8-6-11(17)15-13(16)19/h4-9,14,18H,3H2,1-2H3,(H,15,17,19)/b7-5+,10-4-,12-9-. The largest absolute Gasteiger partial charge is 0.494 e. The zero-order valence-electron chi connectivity index (χ0n) is 10.9. The van der Waals surface area contributed by atoms with Gasteiger partial charge in [0.1, 0.15) is 0 Å². The quantitative estimate of drug-likeness (QED) is 0.552. The fraction of sp³-hybridized carbons (Fsp3) is 0.231. The highest BCUT2D eigenvalue weighted by atomic mass is 16.3. The predicted molar refractivity (Wildman–Crippen MR) is 74.5 cm³/mol. The van der Waals surface area contributed by atoms with Crippen LogP contribution in [0.1, 0.15) is 20.3 Å². The summed E-state index contributed by atoms with van der Waals surface area (Å²) in [6.45, 7) is 3.79. The molecule has 0 saturated carbocycles. The van der Waals surface area contributed by atoms with Crippen LogP contribution in [-0.2, 0) is 0 Å². The van der Waals surface area contributed by atoms with Gasteiger partial charge in [0.15, 0.2) is 0 Å². The lowest BCUT2D eigenvalue weighted by Crippen LogP contribution is -2.28. The van der Waals surface area contributed by atoms with E-state index in [1.165, 1.54) is 12.3 Å². The van der Waals surface area contributed by atoms with Gasteiger partial charge in [-0.25, -0.2) is 9.36 Å². The van der Waals surface area contributed by atoms with Crippen LogP contribution in [0.3, 0.4) is 0 Å². The van der Waals surface area contributed by atoms with Gasteiger partial charge < -0.3 is 10.4 Å². The summed E-state index contributed by atoms with van der Waals surface area (Å²) in [5.74, 6) is -0.285. The predicted octanol–water partition coefficient (Wildman–Crippen LogP) is 1.31. The fourth-order valence-corrected chi connectivity index (χ4v) is 1.29. The summed E-state index contributed by atoms with van der Waals surface area (Å²) >= 11 is 0. The number of hydrogen-bond acceptors (Lipinski definition) is 4. The summed E-state index contributed by atoms with van der Waals surface area (Å²) in [7, 11) is 0. The van der Waals surface area contributed by atoms with E-state index in [2.05, 4.69) is 10.3 Å². The van der Waals surface area contributed by atoms with Crippen molar-refractivity contribution in [2.24, 2.45) is 0 Å². The summed E-state index contributed by atoms with van der Waals surface area (Å²) < 4.78 is 0.941. The van der Waals surface area contributed by atoms with Crippen LogP contribution in [-0.4, -0.2) is 14.7 Å². The average Bonchev–Trinajstić information content (AvgIpc) is 2.37. The van der Waals surface area contributed by atoms with Gasteiger partial charge in [-0.05, 0) is 19.5 Å². The molecule has 1 heterocycles. The Balaban J connectivity index is 3.00. The van der Waals surface area contributed by atoms with Gasteiger partial charge in [-0.2, -0.15) is 0 Å². The monoisotopic (exact) mass is 263 g/mol. The van der Waals surface area contributed by atoms with Crippen LogP contribution in [0.4, 0.5) is 0 Å². The number of allylic oxidation sites excluding steroid dienone is 3. The molecular formula is C13H17N3O3. The molecule has 0 fully saturated rings. The number of aromatic amines is 1. The molecule has 1 aromatic rings. The van der Waals surface area contributed by atoms with E-state index in [0.717, 1.165) is 17.1 Å². The lowest BCUT2D eigenvalue weighted by molar-refractivity contribution is 0.464. The van der Waals surface area contributed by atoms with Gasteiger partial charge in [0.05, 0.1) is 0 Å². The van der Waals surface area contributed by atoms with E-state index in [1.54, 1.807) is 19.2 Å². The molecule has 6 nitrogen and oxygen atoms in total. The Morgan fingerprint density at radius 1 is 1.53 bits per heavy atom. The molecule has 1 rings (SSSR count). The third-order valence-corrected chi connectivity index (χ3v) is 2.27. The van der Waals surface area contributed by atoms with Gasteiger partial charge in [-0.15, -0.1) is 0 Å². The van der Waals surface area contributed by atoms with Crippen molar-refractivity contribution in [1.29, 1.82) is 0 Å². The van der Waals surface area contributed by atoms with Crippen molar-refractivity contribution < 1.29 is 5.11 Å². The van der Waals surface area contributed by atoms with Crippen molar-refractivity contribution in [3.63, 3.8) is 0 Å². The Hall–Kier alpha value is -2.50. The van der Waals surface area contributed by atoms with Gasteiger partial charge in [-0.3, -0.25) is 9.78 Å². The van der Waals surface area contributed by atoms with Crippen LogP contribution >= 0.6 is 0 Å². The number of nitrogens with zero attached hydrogens (tertiary/aromatic N) is 1. The number of aliphatic hydroxyl groups is 1. The first-order valence-electron chi connectivity index (χ1n) is 5.89. The summed E-state index contributed by atoms with van der Waals surface area (Å²) in [6.07, 6.45) is 8.89. The average molecular weight is 263 g/mol. The molecule has 6 heteroatoms. The van der Waals surface area contributed by atoms with Gasteiger partial charge in [0.2, 0.25) is 5.88 Å². The second kappa shape index (κ2) is 7.05. The number of aliphatic hydroxyl groups excluding tert-OH is 1. The van der Waals surface area contributed by atoms with E-state index >= 15 is 0 Å². The van der Waals surface area contributed by atoms with Crippen LogP contribution in [0.5, 0.6) is 0 Å². The Kier molecular flexibility index (Phi) is 5.40. The molecule has 0 spiro atoms. The molecule has 19 heavy (non-hydrogen) atoms. The van der Waals surface area contributed by atoms with E-state index in [4.69, 9.17) is 0 Å². The maximum atomic E-state index is 11.5. The number of hydrogen-bond donors (Lipinski definition) is 3. The number of H-pyrrole nitrogens is 1. The lowest BCUT2D eigenvalue weighted by atomic mass is 10.3. The Morgan fingerprint density at radius 2 is 2.26 bits per heavy atom. The normalized spacial score (nSPS) is 12.9. The summed E-state index contributed by atoms with van der Waals surface area (Å²) in [5.41, 5.74) is -0.578. The van der Waals surface area contributed by atoms with Crippen LogP contribution in [0.15, 0.2) is 52.0 Å². The minimum Gasteiger partial charge on any atom is -0.494 e. The SMILES string of the molecule is C/C=C(/C=C(\O)n1ccc(=O)[nH]c1=O)N/C=C/CC. The molecule has 0 amide bonds. The first-order valence-corrected chi connectivity index (χ1v) is 5.89. The molecule has 0 radical (unpaired) electrons. The second-order valence-corrected chi connectivity index (χ2v) is 3.68. The van der Waals surface area contributed by atoms with Crippen molar-refractivity contribution in [2.75, 3.05) is 0 Å². The summed E-state index contributed by atoms with van der Waals surface area (Å²) in [5, 5.41) is 12.8. The van der Waals surface area contributed by atoms with E-state index in [0.29, 0.717) is 5.70 Å². The van der Waals surface area contributed by atoms with E-state index in [1.807, 2.05) is 13.0 Å². The lowest BCUT2D eigenvalue weighted by Gasteiger charge is -2.05. The molecule has 1 aromatic heterocycles. The molecule has 0 bridgehead atoms. The third-order valence-electron chi connectivity index (χ3n) is 2.27.